The third-order valence-electron chi connectivity index (χ3n) is 2.96. The molecule has 16 heavy (non-hydrogen) atoms. The summed E-state index contributed by atoms with van der Waals surface area (Å²) in [5.74, 6) is 0.803. The van der Waals surface area contributed by atoms with Crippen molar-refractivity contribution >= 4 is 0 Å². The minimum atomic E-state index is 0.803. The van der Waals surface area contributed by atoms with E-state index in [4.69, 9.17) is 0 Å². The summed E-state index contributed by atoms with van der Waals surface area (Å²) in [6.45, 7) is 3.48. The molecule has 90 valence electrons. The number of hydrogen-bond donors (Lipinski definition) is 0. The van der Waals surface area contributed by atoms with Gasteiger partial charge in [0, 0.05) is 6.54 Å². The topological polar surface area (TPSA) is 3.24 Å². The van der Waals surface area contributed by atoms with Crippen LogP contribution < -0.4 is 0 Å². The molecule has 0 fully saturated rings. The van der Waals surface area contributed by atoms with Crippen LogP contribution >= 0.6 is 0 Å². The Hall–Kier alpha value is -0.820. The Kier molecular flexibility index (Phi) is 6.17. The molecule has 0 amide bonds. The molecule has 1 heteroatoms. The molecule has 1 rings (SSSR count). The number of rotatable bonds is 7. The summed E-state index contributed by atoms with van der Waals surface area (Å²) in [4.78, 5) is 2.31. The van der Waals surface area contributed by atoms with Crippen LogP contribution in [-0.4, -0.2) is 25.5 Å². The molecule has 0 aliphatic heterocycles. The van der Waals surface area contributed by atoms with Crippen LogP contribution in [0.1, 0.15) is 31.7 Å². The lowest BCUT2D eigenvalue weighted by Gasteiger charge is -2.21. The molecule has 0 heterocycles. The van der Waals surface area contributed by atoms with E-state index in [1.54, 1.807) is 0 Å². The van der Waals surface area contributed by atoms with Gasteiger partial charge in [-0.25, -0.2) is 0 Å². The summed E-state index contributed by atoms with van der Waals surface area (Å²) in [5, 5.41) is 0. The van der Waals surface area contributed by atoms with E-state index in [2.05, 4.69) is 56.3 Å². The average Bonchev–Trinajstić information content (AvgIpc) is 2.26. The van der Waals surface area contributed by atoms with E-state index in [9.17, 15) is 0 Å². The molecule has 0 saturated carbocycles. The van der Waals surface area contributed by atoms with Crippen LogP contribution in [0.5, 0.6) is 0 Å². The lowest BCUT2D eigenvalue weighted by Crippen LogP contribution is -2.23. The predicted octanol–water partition coefficient (Wildman–Crippen LogP) is 3.60. The smallest absolute Gasteiger partial charge is 0.000674 e. The minimum absolute atomic E-state index is 0.803. The highest BCUT2D eigenvalue weighted by Crippen LogP contribution is 2.16. The highest BCUT2D eigenvalue weighted by Gasteiger charge is 2.10. The molecule has 1 aromatic carbocycles. The Bertz CT molecular complexity index is 266. The monoisotopic (exact) mass is 219 g/mol. The van der Waals surface area contributed by atoms with E-state index in [0.717, 1.165) is 5.92 Å². The van der Waals surface area contributed by atoms with Gasteiger partial charge >= 0.3 is 0 Å². The first-order valence-electron chi connectivity index (χ1n) is 6.41. The van der Waals surface area contributed by atoms with Crippen molar-refractivity contribution in [1.29, 1.82) is 0 Å². The van der Waals surface area contributed by atoms with Crippen molar-refractivity contribution < 1.29 is 0 Å². The highest BCUT2D eigenvalue weighted by molar-refractivity contribution is 5.15. The quantitative estimate of drug-likeness (QED) is 0.677. The van der Waals surface area contributed by atoms with Crippen LogP contribution in [0.3, 0.4) is 0 Å². The first-order chi connectivity index (χ1) is 7.72. The Morgan fingerprint density at radius 1 is 1.12 bits per heavy atom. The van der Waals surface area contributed by atoms with Crippen LogP contribution in [0.15, 0.2) is 30.3 Å². The minimum Gasteiger partial charge on any atom is -0.309 e. The molecule has 0 radical (unpaired) electrons. The predicted molar refractivity (Wildman–Crippen MR) is 71.7 cm³/mol. The van der Waals surface area contributed by atoms with Crippen molar-refractivity contribution in [3.05, 3.63) is 35.9 Å². The van der Waals surface area contributed by atoms with Crippen LogP contribution in [0.2, 0.25) is 0 Å². The van der Waals surface area contributed by atoms with Crippen LogP contribution in [0.4, 0.5) is 0 Å². The maximum atomic E-state index is 2.31. The molecule has 0 aromatic heterocycles. The Labute approximate surface area is 100 Å². The second kappa shape index (κ2) is 7.45. The molecule has 0 N–H and O–H groups in total. The normalized spacial score (nSPS) is 13.0. The Balaban J connectivity index is 2.49. The zero-order chi connectivity index (χ0) is 11.8. The van der Waals surface area contributed by atoms with Gasteiger partial charge in [0.05, 0.1) is 0 Å². The standard InChI is InChI=1S/C15H25N/c1-4-5-9-15(13-16(2)3)12-14-10-7-6-8-11-14/h6-8,10-11,15H,4-5,9,12-13H2,1-3H3/t15-/m1/s1. The molecule has 0 saturated heterocycles. The second-order valence-corrected chi connectivity index (χ2v) is 4.96. The van der Waals surface area contributed by atoms with Crippen molar-refractivity contribution in [1.82, 2.24) is 4.90 Å². The van der Waals surface area contributed by atoms with Gasteiger partial charge in [-0.1, -0.05) is 50.1 Å². The SMILES string of the molecule is CCCC[C@H](Cc1ccccc1)CN(C)C. The van der Waals surface area contributed by atoms with Crippen molar-refractivity contribution in [2.24, 2.45) is 5.92 Å². The maximum absolute atomic E-state index is 2.31. The molecule has 0 bridgehead atoms. The highest BCUT2D eigenvalue weighted by atomic mass is 15.1. The fourth-order valence-corrected chi connectivity index (χ4v) is 2.21. The number of unbranched alkanes of at least 4 members (excludes halogenated alkanes) is 1. The molecule has 1 atom stereocenters. The van der Waals surface area contributed by atoms with Gasteiger partial charge in [-0.05, 0) is 38.4 Å². The third-order valence-corrected chi connectivity index (χ3v) is 2.96. The lowest BCUT2D eigenvalue weighted by atomic mass is 9.94. The molecule has 1 nitrogen and oxygen atoms in total. The van der Waals surface area contributed by atoms with Crippen LogP contribution in [0, 0.1) is 5.92 Å². The number of nitrogens with zero attached hydrogens (tertiary/aromatic N) is 1. The first kappa shape index (κ1) is 13.2. The van der Waals surface area contributed by atoms with E-state index in [1.807, 2.05) is 0 Å². The summed E-state index contributed by atoms with van der Waals surface area (Å²) in [5.41, 5.74) is 1.48. The molecule has 0 spiro atoms. The van der Waals surface area contributed by atoms with Gasteiger partial charge in [0.2, 0.25) is 0 Å². The van der Waals surface area contributed by atoms with E-state index < -0.39 is 0 Å². The van der Waals surface area contributed by atoms with E-state index >= 15 is 0 Å². The van der Waals surface area contributed by atoms with Crippen molar-refractivity contribution in [3.63, 3.8) is 0 Å². The summed E-state index contributed by atoms with van der Waals surface area (Å²) in [6.07, 6.45) is 5.23. The molecular weight excluding hydrogens is 194 g/mol. The van der Waals surface area contributed by atoms with E-state index in [0.29, 0.717) is 0 Å². The Morgan fingerprint density at radius 3 is 2.38 bits per heavy atom. The maximum Gasteiger partial charge on any atom is 0.000674 e. The number of benzene rings is 1. The van der Waals surface area contributed by atoms with E-state index in [-0.39, 0.29) is 0 Å². The zero-order valence-corrected chi connectivity index (χ0v) is 10.9. The van der Waals surface area contributed by atoms with Gasteiger partial charge in [-0.3, -0.25) is 0 Å². The van der Waals surface area contributed by atoms with Crippen molar-refractivity contribution in [2.75, 3.05) is 20.6 Å². The largest absolute Gasteiger partial charge is 0.309 e. The first-order valence-corrected chi connectivity index (χ1v) is 6.41. The van der Waals surface area contributed by atoms with Gasteiger partial charge in [-0.15, -0.1) is 0 Å². The second-order valence-electron chi connectivity index (χ2n) is 4.96. The third kappa shape index (κ3) is 5.32. The molecule has 0 aliphatic carbocycles. The zero-order valence-electron chi connectivity index (χ0n) is 10.9. The van der Waals surface area contributed by atoms with Crippen molar-refractivity contribution in [3.8, 4) is 0 Å². The van der Waals surface area contributed by atoms with Gasteiger partial charge < -0.3 is 4.90 Å². The number of hydrogen-bond acceptors (Lipinski definition) is 1. The average molecular weight is 219 g/mol. The van der Waals surface area contributed by atoms with Gasteiger partial charge in [0.25, 0.3) is 0 Å². The van der Waals surface area contributed by atoms with Gasteiger partial charge in [0.1, 0.15) is 0 Å². The van der Waals surface area contributed by atoms with Crippen LogP contribution in [0.25, 0.3) is 0 Å². The molecular formula is C15H25N. The van der Waals surface area contributed by atoms with Gasteiger partial charge in [-0.2, -0.15) is 0 Å². The lowest BCUT2D eigenvalue weighted by molar-refractivity contribution is 0.305. The van der Waals surface area contributed by atoms with E-state index in [1.165, 1.54) is 37.8 Å². The van der Waals surface area contributed by atoms with Crippen molar-refractivity contribution in [2.45, 2.75) is 32.6 Å². The molecule has 0 aliphatic rings. The molecule has 0 unspecified atom stereocenters. The molecule has 1 aromatic rings. The summed E-state index contributed by atoms with van der Waals surface area (Å²) >= 11 is 0. The van der Waals surface area contributed by atoms with Crippen LogP contribution in [-0.2, 0) is 6.42 Å². The summed E-state index contributed by atoms with van der Waals surface area (Å²) in [7, 11) is 4.34. The Morgan fingerprint density at radius 2 is 1.81 bits per heavy atom. The van der Waals surface area contributed by atoms with Gasteiger partial charge in [0.15, 0.2) is 0 Å². The fraction of sp³-hybridized carbons (Fsp3) is 0.600. The summed E-state index contributed by atoms with van der Waals surface area (Å²) in [6, 6.07) is 10.9. The fourth-order valence-electron chi connectivity index (χ4n) is 2.21. The summed E-state index contributed by atoms with van der Waals surface area (Å²) < 4.78 is 0.